The number of anilines is 1. The molecule has 0 spiro atoms. The molecule has 8 heteroatoms. The summed E-state index contributed by atoms with van der Waals surface area (Å²) in [6.45, 7) is 1.56. The van der Waals surface area contributed by atoms with Gasteiger partial charge < -0.3 is 4.90 Å². The van der Waals surface area contributed by atoms with Crippen LogP contribution in [0, 0.1) is 35.2 Å². The largest absolute Gasteiger partial charge is 0.368 e. The maximum atomic E-state index is 13.9. The fraction of sp³-hybridized carbons (Fsp3) is 0.250. The third kappa shape index (κ3) is 3.17. The maximum Gasteiger partial charge on any atom is 0.200 e. The van der Waals surface area contributed by atoms with E-state index in [1.807, 2.05) is 18.2 Å². The Morgan fingerprint density at radius 3 is 2.18 bits per heavy atom. The number of pyridine rings is 1. The molecule has 0 saturated carbocycles. The van der Waals surface area contributed by atoms with Crippen LogP contribution in [0.5, 0.6) is 0 Å². The molecule has 0 amide bonds. The zero-order valence-electron chi connectivity index (χ0n) is 14.7. The molecule has 0 bridgehead atoms. The van der Waals surface area contributed by atoms with Gasteiger partial charge >= 0.3 is 0 Å². The molecule has 0 aliphatic carbocycles. The minimum Gasteiger partial charge on any atom is -0.368 e. The number of rotatable bonds is 3. The Labute approximate surface area is 158 Å². The molecule has 1 radical (unpaired) electrons. The summed E-state index contributed by atoms with van der Waals surface area (Å²) in [5.41, 5.74) is 0.956. The van der Waals surface area contributed by atoms with Gasteiger partial charge in [0.15, 0.2) is 23.3 Å². The van der Waals surface area contributed by atoms with E-state index in [1.54, 1.807) is 17.2 Å². The Balaban J connectivity index is 1.51. The average molecular weight is 392 g/mol. The molecule has 0 atom stereocenters. The third-order valence-corrected chi connectivity index (χ3v) is 4.93. The van der Waals surface area contributed by atoms with E-state index in [1.165, 1.54) is 0 Å². The first kappa shape index (κ1) is 18.6. The van der Waals surface area contributed by atoms with E-state index in [0.717, 1.165) is 16.6 Å². The smallest absolute Gasteiger partial charge is 0.200 e. The first-order valence-corrected chi connectivity index (χ1v) is 8.70. The van der Waals surface area contributed by atoms with Crippen molar-refractivity contribution in [1.82, 2.24) is 9.88 Å². The molecular weight excluding hydrogens is 377 g/mol. The molecule has 2 heterocycles. The second-order valence-electron chi connectivity index (χ2n) is 6.57. The van der Waals surface area contributed by atoms with Gasteiger partial charge in [-0.05, 0) is 24.3 Å². The van der Waals surface area contributed by atoms with Gasteiger partial charge in [-0.25, -0.2) is 22.0 Å². The highest BCUT2D eigenvalue weighted by atomic mass is 19.2. The molecule has 1 aliphatic heterocycles. The van der Waals surface area contributed by atoms with Crippen LogP contribution >= 0.6 is 0 Å². The summed E-state index contributed by atoms with van der Waals surface area (Å²) in [7, 11) is 0. The summed E-state index contributed by atoms with van der Waals surface area (Å²) in [4.78, 5) is 8.06. The summed E-state index contributed by atoms with van der Waals surface area (Å²) in [5.74, 6) is -9.50. The van der Waals surface area contributed by atoms with Crippen LogP contribution in [0.25, 0.3) is 10.9 Å². The lowest BCUT2D eigenvalue weighted by molar-refractivity contribution is 0.238. The predicted octanol–water partition coefficient (Wildman–Crippen LogP) is 4.05. The molecule has 2 aromatic carbocycles. The predicted molar refractivity (Wildman–Crippen MR) is 94.3 cm³/mol. The maximum absolute atomic E-state index is 13.9. The van der Waals surface area contributed by atoms with E-state index in [-0.39, 0.29) is 6.54 Å². The fourth-order valence-corrected chi connectivity index (χ4v) is 3.45. The zero-order chi connectivity index (χ0) is 19.8. The number of aromatic nitrogens is 1. The van der Waals surface area contributed by atoms with E-state index < -0.39 is 34.6 Å². The van der Waals surface area contributed by atoms with Crippen LogP contribution in [0.4, 0.5) is 27.6 Å². The Bertz CT molecular complexity index is 998. The summed E-state index contributed by atoms with van der Waals surface area (Å²) >= 11 is 0. The lowest BCUT2D eigenvalue weighted by Crippen LogP contribution is -2.46. The normalized spacial score (nSPS) is 15.4. The van der Waals surface area contributed by atoms with Gasteiger partial charge in [-0.2, -0.15) is 0 Å². The molecule has 3 aromatic rings. The number of hydrogen-bond donors (Lipinski definition) is 0. The van der Waals surface area contributed by atoms with Crippen LogP contribution in [0.1, 0.15) is 5.56 Å². The number of benzene rings is 2. The van der Waals surface area contributed by atoms with E-state index in [0.29, 0.717) is 26.2 Å². The molecule has 0 unspecified atom stereocenters. The minimum absolute atomic E-state index is 0.344. The number of fused-ring (bicyclic) bond motifs is 1. The summed E-state index contributed by atoms with van der Waals surface area (Å²) < 4.78 is 67.8. The summed E-state index contributed by atoms with van der Waals surface area (Å²) in [5, 5.41) is 0.873. The molecule has 0 N–H and O–H groups in total. The van der Waals surface area contributed by atoms with Gasteiger partial charge in [0.2, 0.25) is 5.82 Å². The van der Waals surface area contributed by atoms with Crippen molar-refractivity contribution >= 4 is 16.6 Å². The average Bonchev–Trinajstić information content (AvgIpc) is 2.74. The molecular formula is C20H15F5N3. The van der Waals surface area contributed by atoms with Crippen LogP contribution < -0.4 is 4.90 Å². The van der Waals surface area contributed by atoms with Crippen LogP contribution in [0.3, 0.4) is 0 Å². The summed E-state index contributed by atoms with van der Waals surface area (Å²) in [6.07, 6.45) is 1.66. The van der Waals surface area contributed by atoms with Crippen molar-refractivity contribution in [2.45, 2.75) is 6.54 Å². The monoisotopic (exact) mass is 392 g/mol. The van der Waals surface area contributed by atoms with Crippen molar-refractivity contribution in [3.8, 4) is 0 Å². The van der Waals surface area contributed by atoms with Gasteiger partial charge in [0.1, 0.15) is 0 Å². The van der Waals surface area contributed by atoms with Crippen molar-refractivity contribution in [1.29, 1.82) is 0 Å². The van der Waals surface area contributed by atoms with E-state index in [9.17, 15) is 22.0 Å². The molecule has 3 nitrogen and oxygen atoms in total. The highest BCUT2D eigenvalue weighted by Crippen LogP contribution is 2.28. The molecule has 1 saturated heterocycles. The SMILES string of the molecule is Fc1c(F)c(F)c(CN2CCN(c3cccc4ncc[c]c34)CC2)c(F)c1F. The lowest BCUT2D eigenvalue weighted by Gasteiger charge is -2.36. The minimum atomic E-state index is -2.13. The lowest BCUT2D eigenvalue weighted by atomic mass is 10.1. The molecule has 1 fully saturated rings. The van der Waals surface area contributed by atoms with Gasteiger partial charge in [-0.15, -0.1) is 0 Å². The van der Waals surface area contributed by atoms with Crippen molar-refractivity contribution < 1.29 is 22.0 Å². The zero-order valence-corrected chi connectivity index (χ0v) is 14.7. The first-order chi connectivity index (χ1) is 13.5. The van der Waals surface area contributed by atoms with Crippen molar-refractivity contribution in [2.24, 2.45) is 0 Å². The quantitative estimate of drug-likeness (QED) is 0.381. The Kier molecular flexibility index (Phi) is 4.89. The van der Waals surface area contributed by atoms with E-state index in [2.05, 4.69) is 16.0 Å². The van der Waals surface area contributed by atoms with Crippen LogP contribution in [0.2, 0.25) is 0 Å². The van der Waals surface area contributed by atoms with Crippen LogP contribution in [0.15, 0.2) is 30.5 Å². The molecule has 28 heavy (non-hydrogen) atoms. The second kappa shape index (κ2) is 7.35. The fourth-order valence-electron chi connectivity index (χ4n) is 3.45. The number of nitrogens with zero attached hydrogens (tertiary/aromatic N) is 3. The topological polar surface area (TPSA) is 19.4 Å². The molecule has 4 rings (SSSR count). The Hall–Kier alpha value is -2.74. The number of piperazine rings is 1. The molecule has 1 aromatic heterocycles. The molecule has 1 aliphatic rings. The third-order valence-electron chi connectivity index (χ3n) is 4.93. The number of halogens is 5. The van der Waals surface area contributed by atoms with E-state index in [4.69, 9.17) is 0 Å². The summed E-state index contributed by atoms with van der Waals surface area (Å²) in [6, 6.07) is 10.6. The van der Waals surface area contributed by atoms with Crippen molar-refractivity contribution in [3.63, 3.8) is 0 Å². The molecule has 145 valence electrons. The first-order valence-electron chi connectivity index (χ1n) is 8.70. The van der Waals surface area contributed by atoms with E-state index >= 15 is 0 Å². The second-order valence-corrected chi connectivity index (χ2v) is 6.57. The van der Waals surface area contributed by atoms with Gasteiger partial charge in [0.05, 0.1) is 5.52 Å². The highest BCUT2D eigenvalue weighted by molar-refractivity contribution is 5.91. The number of hydrogen-bond acceptors (Lipinski definition) is 3. The van der Waals surface area contributed by atoms with Crippen molar-refractivity contribution in [2.75, 3.05) is 31.1 Å². The highest BCUT2D eigenvalue weighted by Gasteiger charge is 2.28. The van der Waals surface area contributed by atoms with Crippen LogP contribution in [-0.4, -0.2) is 36.1 Å². The van der Waals surface area contributed by atoms with Crippen molar-refractivity contribution in [3.05, 3.63) is 71.2 Å². The van der Waals surface area contributed by atoms with Gasteiger partial charge in [0, 0.05) is 55.6 Å². The Morgan fingerprint density at radius 1 is 0.857 bits per heavy atom. The van der Waals surface area contributed by atoms with Gasteiger partial charge in [-0.1, -0.05) is 6.07 Å². The van der Waals surface area contributed by atoms with Crippen LogP contribution in [-0.2, 0) is 6.54 Å². The van der Waals surface area contributed by atoms with Gasteiger partial charge in [0.25, 0.3) is 0 Å². The Morgan fingerprint density at radius 2 is 1.50 bits per heavy atom. The van der Waals surface area contributed by atoms with Gasteiger partial charge in [-0.3, -0.25) is 9.88 Å². The standard InChI is InChI=1S/C20H15F5N3/c21-16-13(17(22)19(24)20(25)18(16)23)11-27-7-9-28(10-8-27)15-5-1-4-14-12(15)3-2-6-26-14/h1-2,4-6H,7-11H2.